The monoisotopic (exact) mass is 317 g/mol. The lowest BCUT2D eigenvalue weighted by Gasteiger charge is -2.30. The molecule has 2 bridgehead atoms. The van der Waals surface area contributed by atoms with Crippen molar-refractivity contribution < 1.29 is 9.90 Å². The molecule has 0 saturated heterocycles. The molecule has 2 fully saturated rings. The van der Waals surface area contributed by atoms with Crippen LogP contribution in [-0.2, 0) is 0 Å². The van der Waals surface area contributed by atoms with Crippen LogP contribution in [0.3, 0.4) is 0 Å². The van der Waals surface area contributed by atoms with Crippen molar-refractivity contribution in [2.75, 3.05) is 11.9 Å². The van der Waals surface area contributed by atoms with E-state index in [9.17, 15) is 9.90 Å². The van der Waals surface area contributed by atoms with Crippen molar-refractivity contribution in [2.45, 2.75) is 45.2 Å². The highest BCUT2D eigenvalue weighted by Gasteiger charge is 2.47. The number of hydrogen-bond donors (Lipinski definition) is 3. The highest BCUT2D eigenvalue weighted by atomic mass is 16.3. The maximum Gasteiger partial charge on any atom is 0.320 e. The third-order valence-corrected chi connectivity index (χ3v) is 5.21. The smallest absolute Gasteiger partial charge is 0.320 e. The minimum absolute atomic E-state index is 0.0106. The Hall–Kier alpha value is -2.07. The van der Waals surface area contributed by atoms with Gasteiger partial charge in [0.25, 0.3) is 0 Å². The van der Waals surface area contributed by atoms with Gasteiger partial charge in [-0.25, -0.2) is 4.79 Å². The second-order valence-corrected chi connectivity index (χ2v) is 6.88. The number of urea groups is 1. The van der Waals surface area contributed by atoms with Crippen LogP contribution in [0, 0.1) is 29.1 Å². The van der Waals surface area contributed by atoms with E-state index in [1.54, 1.807) is 10.9 Å². The summed E-state index contributed by atoms with van der Waals surface area (Å²) in [6.07, 6.45) is 4.97. The predicted molar refractivity (Wildman–Crippen MR) is 84.7 cm³/mol. The number of anilines is 1. The summed E-state index contributed by atoms with van der Waals surface area (Å²) in [5.74, 6) is 1.39. The SMILES string of the molecule is CC(C)n1cc(C#N)c(NC(=O)NC2C3CCC(C3)C2CO)n1. The van der Waals surface area contributed by atoms with E-state index in [1.807, 2.05) is 13.8 Å². The molecule has 124 valence electrons. The molecular formula is C16H23N5O2. The van der Waals surface area contributed by atoms with Crippen molar-refractivity contribution in [3.8, 4) is 6.07 Å². The van der Waals surface area contributed by atoms with Crippen molar-refractivity contribution in [1.29, 1.82) is 5.26 Å². The molecule has 2 aliphatic rings. The lowest BCUT2D eigenvalue weighted by atomic mass is 9.85. The first-order valence-corrected chi connectivity index (χ1v) is 8.21. The number of carbonyl (C=O) groups is 1. The van der Waals surface area contributed by atoms with Gasteiger partial charge in [-0.3, -0.25) is 10.00 Å². The van der Waals surface area contributed by atoms with Crippen molar-refractivity contribution in [3.05, 3.63) is 11.8 Å². The van der Waals surface area contributed by atoms with Crippen LogP contribution in [0.25, 0.3) is 0 Å². The number of amides is 2. The summed E-state index contributed by atoms with van der Waals surface area (Å²) in [7, 11) is 0. The summed E-state index contributed by atoms with van der Waals surface area (Å²) < 4.78 is 1.65. The zero-order valence-corrected chi connectivity index (χ0v) is 13.5. The molecule has 7 nitrogen and oxygen atoms in total. The number of aromatic nitrogens is 2. The average Bonchev–Trinajstić information content (AvgIpc) is 3.20. The maximum atomic E-state index is 12.3. The van der Waals surface area contributed by atoms with Gasteiger partial charge in [-0.15, -0.1) is 0 Å². The van der Waals surface area contributed by atoms with E-state index in [4.69, 9.17) is 5.26 Å². The van der Waals surface area contributed by atoms with Crippen LogP contribution >= 0.6 is 0 Å². The highest BCUT2D eigenvalue weighted by molar-refractivity contribution is 5.89. The molecule has 0 spiro atoms. The van der Waals surface area contributed by atoms with E-state index in [1.165, 1.54) is 0 Å². The van der Waals surface area contributed by atoms with Gasteiger partial charge in [-0.2, -0.15) is 10.4 Å². The Morgan fingerprint density at radius 1 is 1.52 bits per heavy atom. The van der Waals surface area contributed by atoms with Gasteiger partial charge < -0.3 is 10.4 Å². The molecule has 23 heavy (non-hydrogen) atoms. The van der Waals surface area contributed by atoms with Gasteiger partial charge in [-0.1, -0.05) is 0 Å². The average molecular weight is 317 g/mol. The molecule has 2 aliphatic carbocycles. The third-order valence-electron chi connectivity index (χ3n) is 5.21. The first-order valence-electron chi connectivity index (χ1n) is 8.21. The first kappa shape index (κ1) is 15.8. The van der Waals surface area contributed by atoms with Gasteiger partial charge in [0.1, 0.15) is 11.6 Å². The number of carbonyl (C=O) groups excluding carboxylic acids is 1. The largest absolute Gasteiger partial charge is 0.396 e. The standard InChI is InChI=1S/C16H23N5O2/c1-9(2)21-7-12(6-17)15(20-21)19-16(23)18-14-11-4-3-10(5-11)13(14)8-22/h7,9-11,13-14,22H,3-5,8H2,1-2H3,(H2,18,19,20,23). The Morgan fingerprint density at radius 2 is 2.26 bits per heavy atom. The molecule has 4 atom stereocenters. The molecule has 1 aromatic rings. The van der Waals surface area contributed by atoms with Gasteiger partial charge in [0.2, 0.25) is 0 Å². The number of nitrogens with one attached hydrogen (secondary N) is 2. The first-order chi connectivity index (χ1) is 11.0. The van der Waals surface area contributed by atoms with Crippen molar-refractivity contribution >= 4 is 11.8 Å². The quantitative estimate of drug-likeness (QED) is 0.788. The number of hydrogen-bond acceptors (Lipinski definition) is 4. The second-order valence-electron chi connectivity index (χ2n) is 6.88. The van der Waals surface area contributed by atoms with Gasteiger partial charge in [0.05, 0.1) is 0 Å². The lowest BCUT2D eigenvalue weighted by Crippen LogP contribution is -2.47. The van der Waals surface area contributed by atoms with Gasteiger partial charge >= 0.3 is 6.03 Å². The predicted octanol–water partition coefficient (Wildman–Crippen LogP) is 1.86. The third kappa shape index (κ3) is 2.91. The zero-order valence-electron chi connectivity index (χ0n) is 13.5. The topological polar surface area (TPSA) is 103 Å². The molecule has 3 N–H and O–H groups in total. The van der Waals surface area contributed by atoms with E-state index < -0.39 is 0 Å². The highest BCUT2D eigenvalue weighted by Crippen LogP contribution is 2.48. The number of aliphatic hydroxyl groups is 1. The molecule has 0 aromatic carbocycles. The van der Waals surface area contributed by atoms with Crippen LogP contribution in [0.1, 0.15) is 44.7 Å². The Balaban J connectivity index is 1.67. The number of nitriles is 1. The number of rotatable bonds is 4. The van der Waals surface area contributed by atoms with Crippen LogP contribution in [-0.4, -0.2) is 33.6 Å². The Morgan fingerprint density at radius 3 is 2.91 bits per heavy atom. The summed E-state index contributed by atoms with van der Waals surface area (Å²) in [4.78, 5) is 12.3. The normalized spacial score (nSPS) is 28.8. The van der Waals surface area contributed by atoms with Gasteiger partial charge in [-0.05, 0) is 44.9 Å². The maximum absolute atomic E-state index is 12.3. The molecule has 1 heterocycles. The number of fused-ring (bicyclic) bond motifs is 2. The Bertz CT molecular complexity index is 633. The van der Waals surface area contributed by atoms with E-state index in [0.717, 1.165) is 19.3 Å². The fraction of sp³-hybridized carbons (Fsp3) is 0.688. The molecule has 7 heteroatoms. The van der Waals surface area contributed by atoms with Gasteiger partial charge in [0.15, 0.2) is 5.82 Å². The summed E-state index contributed by atoms with van der Waals surface area (Å²) in [6, 6.07) is 1.82. The summed E-state index contributed by atoms with van der Waals surface area (Å²) in [6.45, 7) is 4.02. The Labute approximate surface area is 135 Å². The van der Waals surface area contributed by atoms with Crippen molar-refractivity contribution in [3.63, 3.8) is 0 Å². The molecule has 3 rings (SSSR count). The van der Waals surface area contributed by atoms with Gasteiger partial charge in [0, 0.05) is 30.8 Å². The van der Waals surface area contributed by atoms with Crippen LogP contribution in [0.15, 0.2) is 6.20 Å². The van der Waals surface area contributed by atoms with Crippen LogP contribution in [0.5, 0.6) is 0 Å². The van der Waals surface area contributed by atoms with E-state index in [-0.39, 0.29) is 36.5 Å². The van der Waals surface area contributed by atoms with Crippen LogP contribution < -0.4 is 10.6 Å². The Kier molecular flexibility index (Phi) is 4.26. The molecule has 2 amide bonds. The second kappa shape index (κ2) is 6.20. The lowest BCUT2D eigenvalue weighted by molar-refractivity contribution is 0.146. The van der Waals surface area contributed by atoms with Crippen LogP contribution in [0.2, 0.25) is 0 Å². The molecule has 4 unspecified atom stereocenters. The number of aliphatic hydroxyl groups excluding tert-OH is 1. The minimum Gasteiger partial charge on any atom is -0.396 e. The molecular weight excluding hydrogens is 294 g/mol. The van der Waals surface area contributed by atoms with E-state index in [0.29, 0.717) is 17.4 Å². The van der Waals surface area contributed by atoms with Crippen LogP contribution in [0.4, 0.5) is 10.6 Å². The zero-order chi connectivity index (χ0) is 16.6. The summed E-state index contributed by atoms with van der Waals surface area (Å²) >= 11 is 0. The van der Waals surface area contributed by atoms with Crippen molar-refractivity contribution in [1.82, 2.24) is 15.1 Å². The molecule has 1 aromatic heterocycles. The molecule has 0 radical (unpaired) electrons. The minimum atomic E-state index is -0.355. The summed E-state index contributed by atoms with van der Waals surface area (Å²) in [5.41, 5.74) is 0.348. The summed E-state index contributed by atoms with van der Waals surface area (Å²) in [5, 5.41) is 28.7. The number of nitrogens with zero attached hydrogens (tertiary/aromatic N) is 3. The van der Waals surface area contributed by atoms with E-state index >= 15 is 0 Å². The fourth-order valence-electron chi connectivity index (χ4n) is 4.02. The fourth-order valence-corrected chi connectivity index (χ4v) is 4.02. The molecule has 2 saturated carbocycles. The van der Waals surface area contributed by atoms with Crippen molar-refractivity contribution in [2.24, 2.45) is 17.8 Å². The molecule has 0 aliphatic heterocycles. The van der Waals surface area contributed by atoms with E-state index in [2.05, 4.69) is 21.8 Å².